The first-order valence-corrected chi connectivity index (χ1v) is 6.43. The maximum absolute atomic E-state index is 11.7. The Morgan fingerprint density at radius 3 is 3.00 bits per heavy atom. The molecule has 2 N–H and O–H groups in total. The van der Waals surface area contributed by atoms with Gasteiger partial charge in [0.05, 0.1) is 12.6 Å². The van der Waals surface area contributed by atoms with Gasteiger partial charge in [-0.05, 0) is 31.4 Å². The maximum Gasteiger partial charge on any atom is 0.239 e. The maximum atomic E-state index is 11.7. The fourth-order valence-corrected chi connectivity index (χ4v) is 2.04. The van der Waals surface area contributed by atoms with Crippen LogP contribution in [0.4, 0.5) is 5.69 Å². The van der Waals surface area contributed by atoms with Crippen LogP contribution in [0.1, 0.15) is 18.4 Å². The summed E-state index contributed by atoms with van der Waals surface area (Å²) in [7, 11) is 0. The molecule has 4 heteroatoms. The van der Waals surface area contributed by atoms with Crippen molar-refractivity contribution in [2.24, 2.45) is 0 Å². The molecule has 0 radical (unpaired) electrons. The first kappa shape index (κ1) is 12.9. The number of amides is 1. The van der Waals surface area contributed by atoms with Crippen LogP contribution in [0.3, 0.4) is 0 Å². The highest BCUT2D eigenvalue weighted by atomic mass is 16.5. The highest BCUT2D eigenvalue weighted by molar-refractivity contribution is 5.80. The third kappa shape index (κ3) is 3.74. The molecule has 1 fully saturated rings. The van der Waals surface area contributed by atoms with Crippen molar-refractivity contribution in [2.75, 3.05) is 25.0 Å². The van der Waals surface area contributed by atoms with Gasteiger partial charge in [0.1, 0.15) is 0 Å². The molecule has 1 aliphatic rings. The Kier molecular flexibility index (Phi) is 4.59. The molecule has 1 aromatic rings. The Morgan fingerprint density at radius 2 is 2.28 bits per heavy atom. The van der Waals surface area contributed by atoms with Crippen LogP contribution in [0.2, 0.25) is 0 Å². The lowest BCUT2D eigenvalue weighted by atomic mass is 10.2. The predicted molar refractivity (Wildman–Crippen MR) is 71.7 cm³/mol. The molecule has 0 aromatic heterocycles. The molecule has 1 unspecified atom stereocenters. The predicted octanol–water partition coefficient (Wildman–Crippen LogP) is 1.70. The molecule has 1 heterocycles. The standard InChI is InChI=1S/C14H20N2O2/c1-11-5-2-3-7-13(11)15-10-14(17)16-9-12-6-4-8-18-12/h2-3,5,7,12,15H,4,6,8-10H2,1H3,(H,16,17). The molecule has 1 aliphatic heterocycles. The SMILES string of the molecule is Cc1ccccc1NCC(=O)NCC1CCCO1. The number of hydrogen-bond acceptors (Lipinski definition) is 3. The lowest BCUT2D eigenvalue weighted by molar-refractivity contribution is -0.119. The number of nitrogens with one attached hydrogen (secondary N) is 2. The van der Waals surface area contributed by atoms with Crippen LogP contribution in [-0.4, -0.2) is 31.7 Å². The van der Waals surface area contributed by atoms with Crippen molar-refractivity contribution in [1.82, 2.24) is 5.32 Å². The quantitative estimate of drug-likeness (QED) is 0.834. The van der Waals surface area contributed by atoms with E-state index in [2.05, 4.69) is 10.6 Å². The van der Waals surface area contributed by atoms with Gasteiger partial charge in [0.15, 0.2) is 0 Å². The Bertz CT molecular complexity index is 401. The van der Waals surface area contributed by atoms with Crippen LogP contribution in [0, 0.1) is 6.92 Å². The minimum atomic E-state index is 0.00810. The van der Waals surface area contributed by atoms with Gasteiger partial charge in [-0.1, -0.05) is 18.2 Å². The number of rotatable bonds is 5. The number of hydrogen-bond donors (Lipinski definition) is 2. The van der Waals surface area contributed by atoms with E-state index >= 15 is 0 Å². The second-order valence-electron chi connectivity index (χ2n) is 4.61. The van der Waals surface area contributed by atoms with E-state index in [1.807, 2.05) is 31.2 Å². The lowest BCUT2D eigenvalue weighted by Crippen LogP contribution is -2.35. The van der Waals surface area contributed by atoms with Crippen molar-refractivity contribution in [3.63, 3.8) is 0 Å². The summed E-state index contributed by atoms with van der Waals surface area (Å²) in [5.41, 5.74) is 2.15. The molecule has 1 amide bonds. The first-order valence-electron chi connectivity index (χ1n) is 6.43. The average molecular weight is 248 g/mol. The summed E-state index contributed by atoms with van der Waals surface area (Å²) in [6.07, 6.45) is 2.35. The molecule has 0 spiro atoms. The van der Waals surface area contributed by atoms with Crippen molar-refractivity contribution in [3.8, 4) is 0 Å². The smallest absolute Gasteiger partial charge is 0.239 e. The van der Waals surface area contributed by atoms with E-state index in [0.717, 1.165) is 30.7 Å². The van der Waals surface area contributed by atoms with Crippen LogP contribution in [0.15, 0.2) is 24.3 Å². The van der Waals surface area contributed by atoms with Gasteiger partial charge in [0, 0.05) is 18.8 Å². The first-order chi connectivity index (χ1) is 8.75. The van der Waals surface area contributed by atoms with Crippen molar-refractivity contribution in [2.45, 2.75) is 25.9 Å². The molecule has 0 bridgehead atoms. The van der Waals surface area contributed by atoms with E-state index in [9.17, 15) is 4.79 Å². The molecular weight excluding hydrogens is 228 g/mol. The van der Waals surface area contributed by atoms with Gasteiger partial charge in [-0.15, -0.1) is 0 Å². The number of anilines is 1. The van der Waals surface area contributed by atoms with Crippen molar-refractivity contribution >= 4 is 11.6 Å². The zero-order chi connectivity index (χ0) is 12.8. The van der Waals surface area contributed by atoms with Crippen molar-refractivity contribution < 1.29 is 9.53 Å². The fourth-order valence-electron chi connectivity index (χ4n) is 2.04. The summed E-state index contributed by atoms with van der Waals surface area (Å²) in [6, 6.07) is 7.94. The molecular formula is C14H20N2O2. The van der Waals surface area contributed by atoms with Gasteiger partial charge in [-0.3, -0.25) is 4.79 Å². The van der Waals surface area contributed by atoms with Crippen LogP contribution >= 0.6 is 0 Å². The van der Waals surface area contributed by atoms with Gasteiger partial charge in [-0.2, -0.15) is 0 Å². The Hall–Kier alpha value is -1.55. The Balaban J connectivity index is 1.69. The summed E-state index contributed by atoms with van der Waals surface area (Å²) < 4.78 is 5.45. The monoisotopic (exact) mass is 248 g/mol. The van der Waals surface area contributed by atoms with E-state index in [1.165, 1.54) is 0 Å². The summed E-state index contributed by atoms with van der Waals surface area (Å²) >= 11 is 0. The van der Waals surface area contributed by atoms with Crippen molar-refractivity contribution in [3.05, 3.63) is 29.8 Å². The van der Waals surface area contributed by atoms with Gasteiger partial charge < -0.3 is 15.4 Å². The average Bonchev–Trinajstić information content (AvgIpc) is 2.88. The molecule has 0 saturated carbocycles. The van der Waals surface area contributed by atoms with Crippen LogP contribution in [0.25, 0.3) is 0 Å². The summed E-state index contributed by atoms with van der Waals surface area (Å²) in [6.45, 7) is 3.76. The molecule has 98 valence electrons. The zero-order valence-electron chi connectivity index (χ0n) is 10.7. The highest BCUT2D eigenvalue weighted by Gasteiger charge is 2.15. The Labute approximate surface area is 108 Å². The third-order valence-corrected chi connectivity index (χ3v) is 3.14. The number of benzene rings is 1. The topological polar surface area (TPSA) is 50.4 Å². The van der Waals surface area contributed by atoms with Crippen LogP contribution in [-0.2, 0) is 9.53 Å². The number of para-hydroxylation sites is 1. The molecule has 0 aliphatic carbocycles. The normalized spacial score (nSPS) is 18.6. The van der Waals surface area contributed by atoms with E-state index in [0.29, 0.717) is 13.1 Å². The van der Waals surface area contributed by atoms with Gasteiger partial charge >= 0.3 is 0 Å². The zero-order valence-corrected chi connectivity index (χ0v) is 10.7. The van der Waals surface area contributed by atoms with E-state index < -0.39 is 0 Å². The highest BCUT2D eigenvalue weighted by Crippen LogP contribution is 2.12. The minimum Gasteiger partial charge on any atom is -0.376 e. The van der Waals surface area contributed by atoms with Crippen LogP contribution < -0.4 is 10.6 Å². The fraction of sp³-hybridized carbons (Fsp3) is 0.500. The molecule has 18 heavy (non-hydrogen) atoms. The molecule has 2 rings (SSSR count). The number of aryl methyl sites for hydroxylation is 1. The summed E-state index contributed by atoms with van der Waals surface area (Å²) in [4.78, 5) is 11.7. The largest absolute Gasteiger partial charge is 0.376 e. The van der Waals surface area contributed by atoms with E-state index in [4.69, 9.17) is 4.74 Å². The van der Waals surface area contributed by atoms with Gasteiger partial charge in [0.2, 0.25) is 5.91 Å². The van der Waals surface area contributed by atoms with Gasteiger partial charge in [-0.25, -0.2) is 0 Å². The molecule has 1 atom stereocenters. The van der Waals surface area contributed by atoms with E-state index in [-0.39, 0.29) is 12.0 Å². The number of carbonyl (C=O) groups is 1. The lowest BCUT2D eigenvalue weighted by Gasteiger charge is -2.12. The molecule has 1 saturated heterocycles. The second-order valence-corrected chi connectivity index (χ2v) is 4.61. The van der Waals surface area contributed by atoms with Gasteiger partial charge in [0.25, 0.3) is 0 Å². The Morgan fingerprint density at radius 1 is 1.44 bits per heavy atom. The summed E-state index contributed by atoms with van der Waals surface area (Å²) in [5, 5.41) is 6.02. The number of ether oxygens (including phenoxy) is 1. The van der Waals surface area contributed by atoms with Crippen molar-refractivity contribution in [1.29, 1.82) is 0 Å². The molecule has 4 nitrogen and oxygen atoms in total. The van der Waals surface area contributed by atoms with E-state index in [1.54, 1.807) is 0 Å². The molecule has 1 aromatic carbocycles. The summed E-state index contributed by atoms with van der Waals surface area (Å²) in [5.74, 6) is 0.00810. The number of carbonyl (C=O) groups excluding carboxylic acids is 1. The third-order valence-electron chi connectivity index (χ3n) is 3.14. The van der Waals surface area contributed by atoms with Crippen LogP contribution in [0.5, 0.6) is 0 Å². The minimum absolute atomic E-state index is 0.00810. The second kappa shape index (κ2) is 6.40.